The Morgan fingerprint density at radius 1 is 0.968 bits per heavy atom. The molecule has 0 bridgehead atoms. The minimum atomic E-state index is -4.01. The highest BCUT2D eigenvalue weighted by molar-refractivity contribution is 14.1. The average molecular weight is 546 g/mol. The Morgan fingerprint density at radius 2 is 1.58 bits per heavy atom. The van der Waals surface area contributed by atoms with E-state index in [1.54, 1.807) is 18.3 Å². The van der Waals surface area contributed by atoms with E-state index in [4.69, 9.17) is 0 Å². The van der Waals surface area contributed by atoms with Crippen LogP contribution in [0.3, 0.4) is 0 Å². The van der Waals surface area contributed by atoms with Crippen molar-refractivity contribution < 1.29 is 18.3 Å². The normalized spacial score (nSPS) is 12.7. The topological polar surface area (TPSA) is 99.3 Å². The molecule has 0 saturated carbocycles. The van der Waals surface area contributed by atoms with E-state index in [2.05, 4.69) is 32.3 Å². The Morgan fingerprint density at radius 3 is 2.23 bits per heavy atom. The van der Waals surface area contributed by atoms with Gasteiger partial charge in [-0.1, -0.05) is 42.5 Å². The van der Waals surface area contributed by atoms with Crippen LogP contribution in [0.4, 0.5) is 0 Å². The van der Waals surface area contributed by atoms with Gasteiger partial charge in [-0.2, -0.15) is 4.72 Å². The van der Waals surface area contributed by atoms with E-state index in [9.17, 15) is 18.3 Å². The van der Waals surface area contributed by atoms with Gasteiger partial charge in [0.25, 0.3) is 0 Å². The molecule has 0 fully saturated rings. The Bertz CT molecular complexity index is 1330. The lowest BCUT2D eigenvalue weighted by atomic mass is 10.1. The molecule has 8 heteroatoms. The quantitative estimate of drug-likeness (QED) is 0.299. The van der Waals surface area contributed by atoms with Crippen molar-refractivity contribution in [1.82, 2.24) is 9.71 Å². The second kappa shape index (κ2) is 8.81. The molecule has 0 amide bonds. The van der Waals surface area contributed by atoms with E-state index in [-0.39, 0.29) is 11.3 Å². The molecule has 6 nitrogen and oxygen atoms in total. The van der Waals surface area contributed by atoms with Crippen molar-refractivity contribution >= 4 is 49.5 Å². The standard InChI is InChI=1S/C23H19IN2O4S/c24-18-9-5-15(6-10-18)16-7-11-19(12-8-16)31(29,30)26-22(23(27)28)13-17-14-25-21-4-2-1-3-20(17)21/h1-12,14,22,25-26H,13H2,(H,27,28)/t22-/m1/s1. The second-order valence-electron chi connectivity index (χ2n) is 7.11. The van der Waals surface area contributed by atoms with Gasteiger partial charge in [0.1, 0.15) is 6.04 Å². The highest BCUT2D eigenvalue weighted by Crippen LogP contribution is 2.23. The molecule has 0 unspecified atom stereocenters. The number of carboxylic acids is 1. The minimum Gasteiger partial charge on any atom is -0.480 e. The minimum absolute atomic E-state index is 0.0203. The zero-order valence-electron chi connectivity index (χ0n) is 16.2. The maximum absolute atomic E-state index is 12.8. The third-order valence-corrected chi connectivity index (χ3v) is 7.24. The largest absolute Gasteiger partial charge is 0.480 e. The Balaban J connectivity index is 1.55. The number of para-hydroxylation sites is 1. The molecule has 0 saturated heterocycles. The maximum atomic E-state index is 12.8. The summed E-state index contributed by atoms with van der Waals surface area (Å²) in [4.78, 5) is 14.9. The van der Waals surface area contributed by atoms with E-state index < -0.39 is 22.0 Å². The van der Waals surface area contributed by atoms with Gasteiger partial charge < -0.3 is 10.1 Å². The molecule has 0 spiro atoms. The first-order chi connectivity index (χ1) is 14.8. The molecule has 1 atom stereocenters. The molecule has 31 heavy (non-hydrogen) atoms. The summed E-state index contributed by atoms with van der Waals surface area (Å²) in [5.74, 6) is -1.23. The van der Waals surface area contributed by atoms with Crippen LogP contribution in [0.5, 0.6) is 0 Å². The van der Waals surface area contributed by atoms with Crippen molar-refractivity contribution in [3.63, 3.8) is 0 Å². The summed E-state index contributed by atoms with van der Waals surface area (Å²) in [6.45, 7) is 0. The van der Waals surface area contributed by atoms with Crippen molar-refractivity contribution in [2.24, 2.45) is 0 Å². The zero-order valence-corrected chi connectivity index (χ0v) is 19.2. The summed E-state index contributed by atoms with van der Waals surface area (Å²) in [6, 6.07) is 20.5. The number of rotatable bonds is 7. The van der Waals surface area contributed by atoms with Crippen LogP contribution in [0.25, 0.3) is 22.0 Å². The molecule has 0 aliphatic heterocycles. The number of carbonyl (C=O) groups is 1. The number of aliphatic carboxylic acids is 1. The summed E-state index contributed by atoms with van der Waals surface area (Å²) in [5.41, 5.74) is 3.46. The van der Waals surface area contributed by atoms with Gasteiger partial charge >= 0.3 is 5.97 Å². The Kier molecular flexibility index (Phi) is 6.12. The van der Waals surface area contributed by atoms with Crippen LogP contribution in [-0.4, -0.2) is 30.5 Å². The first kappa shape index (κ1) is 21.5. The zero-order chi connectivity index (χ0) is 22.0. The SMILES string of the molecule is O=C(O)[C@@H](Cc1c[nH]c2ccccc12)NS(=O)(=O)c1ccc(-c2ccc(I)cc2)cc1. The number of fused-ring (bicyclic) bond motifs is 1. The molecule has 1 aromatic heterocycles. The van der Waals surface area contributed by atoms with Gasteiger partial charge in [-0.05, 0) is 69.6 Å². The van der Waals surface area contributed by atoms with Crippen LogP contribution in [0.15, 0.2) is 83.9 Å². The second-order valence-corrected chi connectivity index (χ2v) is 10.1. The average Bonchev–Trinajstić information content (AvgIpc) is 3.17. The molecule has 4 aromatic rings. The van der Waals surface area contributed by atoms with Gasteiger partial charge in [-0.25, -0.2) is 8.42 Å². The number of halogens is 1. The molecular weight excluding hydrogens is 527 g/mol. The highest BCUT2D eigenvalue weighted by atomic mass is 127. The number of hydrogen-bond donors (Lipinski definition) is 3. The Labute approximate surface area is 193 Å². The van der Waals surface area contributed by atoms with Crippen molar-refractivity contribution in [3.8, 4) is 11.1 Å². The molecule has 158 valence electrons. The van der Waals surface area contributed by atoms with Crippen LogP contribution < -0.4 is 4.72 Å². The summed E-state index contributed by atoms with van der Waals surface area (Å²) >= 11 is 2.22. The van der Waals surface area contributed by atoms with Gasteiger partial charge in [-0.3, -0.25) is 4.79 Å². The van der Waals surface area contributed by atoms with E-state index in [1.807, 2.05) is 48.5 Å². The number of hydrogen-bond acceptors (Lipinski definition) is 3. The highest BCUT2D eigenvalue weighted by Gasteiger charge is 2.26. The first-order valence-corrected chi connectivity index (χ1v) is 12.1. The lowest BCUT2D eigenvalue weighted by Crippen LogP contribution is -2.42. The first-order valence-electron chi connectivity index (χ1n) is 9.49. The monoisotopic (exact) mass is 546 g/mol. The lowest BCUT2D eigenvalue weighted by Gasteiger charge is -2.15. The molecule has 0 radical (unpaired) electrons. The third kappa shape index (κ3) is 4.81. The predicted octanol–water partition coefficient (Wildman–Crippen LogP) is 4.41. The predicted molar refractivity (Wildman–Crippen MR) is 128 cm³/mol. The fourth-order valence-corrected chi connectivity index (χ4v) is 4.97. The van der Waals surface area contributed by atoms with E-state index in [0.29, 0.717) is 0 Å². The van der Waals surface area contributed by atoms with Crippen molar-refractivity contribution in [2.45, 2.75) is 17.4 Å². The van der Waals surface area contributed by atoms with E-state index in [0.717, 1.165) is 31.2 Å². The van der Waals surface area contributed by atoms with Gasteiger partial charge in [0.15, 0.2) is 0 Å². The van der Waals surface area contributed by atoms with E-state index in [1.165, 1.54) is 12.1 Å². The van der Waals surface area contributed by atoms with Gasteiger partial charge in [0, 0.05) is 27.1 Å². The number of sulfonamides is 1. The Hall–Kier alpha value is -2.69. The van der Waals surface area contributed by atoms with Crippen LogP contribution in [0.2, 0.25) is 0 Å². The maximum Gasteiger partial charge on any atom is 0.322 e. The molecule has 3 aromatic carbocycles. The van der Waals surface area contributed by atoms with Crippen molar-refractivity contribution in [1.29, 1.82) is 0 Å². The summed E-state index contributed by atoms with van der Waals surface area (Å²) in [7, 11) is -4.01. The van der Waals surface area contributed by atoms with Crippen molar-refractivity contribution in [3.05, 3.63) is 88.1 Å². The van der Waals surface area contributed by atoms with Gasteiger partial charge in [-0.15, -0.1) is 0 Å². The van der Waals surface area contributed by atoms with E-state index >= 15 is 0 Å². The van der Waals surface area contributed by atoms with Crippen LogP contribution >= 0.6 is 22.6 Å². The fourth-order valence-electron chi connectivity index (χ4n) is 3.42. The lowest BCUT2D eigenvalue weighted by molar-refractivity contribution is -0.138. The fraction of sp³-hybridized carbons (Fsp3) is 0.0870. The molecule has 0 aliphatic carbocycles. The molecule has 0 aliphatic rings. The molecule has 3 N–H and O–H groups in total. The summed E-state index contributed by atoms with van der Waals surface area (Å²) in [5, 5.41) is 10.5. The third-order valence-electron chi connectivity index (χ3n) is 5.04. The van der Waals surface area contributed by atoms with Gasteiger partial charge in [0.2, 0.25) is 10.0 Å². The number of aromatic amines is 1. The molecule has 4 rings (SSSR count). The van der Waals surface area contributed by atoms with Gasteiger partial charge in [0.05, 0.1) is 4.90 Å². The molecule has 1 heterocycles. The summed E-state index contributed by atoms with van der Waals surface area (Å²) in [6.07, 6.45) is 1.74. The number of benzene rings is 3. The smallest absolute Gasteiger partial charge is 0.322 e. The number of carboxylic acid groups (broad SMARTS) is 1. The van der Waals surface area contributed by atoms with Crippen LogP contribution in [0, 0.1) is 3.57 Å². The molecular formula is C23H19IN2O4S. The number of nitrogens with one attached hydrogen (secondary N) is 2. The van der Waals surface area contributed by atoms with Crippen molar-refractivity contribution in [2.75, 3.05) is 0 Å². The van der Waals surface area contributed by atoms with Crippen LogP contribution in [-0.2, 0) is 21.2 Å². The summed E-state index contributed by atoms with van der Waals surface area (Å²) < 4.78 is 29.1. The number of aromatic nitrogens is 1. The van der Waals surface area contributed by atoms with Crippen LogP contribution in [0.1, 0.15) is 5.56 Å². The number of H-pyrrole nitrogens is 1.